The van der Waals surface area contributed by atoms with Gasteiger partial charge in [-0.25, -0.2) is 0 Å². The number of aromatic nitrogens is 1. The predicted octanol–water partition coefficient (Wildman–Crippen LogP) is 5.96. The van der Waals surface area contributed by atoms with Crippen LogP contribution in [0, 0.1) is 0 Å². The Kier molecular flexibility index (Phi) is 5.32. The molecule has 0 spiro atoms. The summed E-state index contributed by atoms with van der Waals surface area (Å²) in [4.78, 5) is 7.22. The van der Waals surface area contributed by atoms with E-state index in [0.717, 1.165) is 52.5 Å². The van der Waals surface area contributed by atoms with Crippen molar-refractivity contribution >= 4 is 23.2 Å². The number of nitrogens with zero attached hydrogens (tertiary/aromatic N) is 2. The van der Waals surface area contributed by atoms with Crippen LogP contribution < -0.4 is 5.73 Å². The van der Waals surface area contributed by atoms with Gasteiger partial charge in [0, 0.05) is 28.3 Å². The van der Waals surface area contributed by atoms with E-state index in [1.54, 1.807) is 0 Å². The van der Waals surface area contributed by atoms with Gasteiger partial charge in [-0.3, -0.25) is 9.88 Å². The van der Waals surface area contributed by atoms with Crippen LogP contribution in [0.5, 0.6) is 0 Å². The molecule has 3 aromatic rings. The maximum absolute atomic E-state index is 6.96. The Morgan fingerprint density at radius 2 is 1.37 bits per heavy atom. The zero-order valence-electron chi connectivity index (χ0n) is 16.7. The molecule has 2 fully saturated rings. The van der Waals surface area contributed by atoms with E-state index in [4.69, 9.17) is 28.9 Å². The topological polar surface area (TPSA) is 42.1 Å². The maximum atomic E-state index is 6.96. The van der Waals surface area contributed by atoms with Crippen LogP contribution in [0.15, 0.2) is 72.9 Å². The lowest BCUT2D eigenvalue weighted by Gasteiger charge is -2.48. The van der Waals surface area contributed by atoms with E-state index in [1.807, 2.05) is 42.6 Å². The summed E-state index contributed by atoms with van der Waals surface area (Å²) in [5, 5.41) is 1.55. The van der Waals surface area contributed by atoms with Crippen molar-refractivity contribution in [1.82, 2.24) is 9.88 Å². The van der Waals surface area contributed by atoms with E-state index < -0.39 is 5.54 Å². The summed E-state index contributed by atoms with van der Waals surface area (Å²) in [6, 6.07) is 23.0. The summed E-state index contributed by atoms with van der Waals surface area (Å²) in [6.45, 7) is 0. The fraction of sp³-hybridized carbons (Fsp3) is 0.320. The average molecular weight is 438 g/mol. The second kappa shape index (κ2) is 7.97. The minimum absolute atomic E-state index is 0.0122. The molecule has 154 valence electrons. The van der Waals surface area contributed by atoms with Gasteiger partial charge in [0.25, 0.3) is 0 Å². The molecule has 1 unspecified atom stereocenters. The van der Waals surface area contributed by atoms with Crippen molar-refractivity contribution < 1.29 is 0 Å². The van der Waals surface area contributed by atoms with Gasteiger partial charge >= 0.3 is 0 Å². The van der Waals surface area contributed by atoms with Crippen LogP contribution in [0.1, 0.15) is 48.5 Å². The van der Waals surface area contributed by atoms with Gasteiger partial charge in [0.05, 0.1) is 17.3 Å². The molecule has 30 heavy (non-hydrogen) atoms. The molecule has 2 aliphatic heterocycles. The molecule has 0 saturated carbocycles. The zero-order valence-corrected chi connectivity index (χ0v) is 18.2. The molecule has 3 heterocycles. The van der Waals surface area contributed by atoms with Crippen LogP contribution in [0.4, 0.5) is 0 Å². The van der Waals surface area contributed by atoms with Crippen LogP contribution in [-0.4, -0.2) is 22.0 Å². The number of nitrogens with two attached hydrogens (primary N) is 1. The molecular weight excluding hydrogens is 413 g/mol. The number of fused-ring (bicyclic) bond motifs is 2. The van der Waals surface area contributed by atoms with E-state index >= 15 is 0 Å². The van der Waals surface area contributed by atoms with Gasteiger partial charge in [-0.05, 0) is 61.1 Å². The number of halogens is 2. The SMILES string of the molecule is NC1(c2ccccn2)C[C@H]2CC[C@@H](C1)N2C(c1ccccc1Cl)c1ccccc1Cl. The Morgan fingerprint density at radius 3 is 1.87 bits per heavy atom. The molecule has 3 nitrogen and oxygen atoms in total. The Balaban J connectivity index is 1.57. The van der Waals surface area contributed by atoms with Crippen LogP contribution >= 0.6 is 23.2 Å². The number of hydrogen-bond donors (Lipinski definition) is 1. The predicted molar refractivity (Wildman–Crippen MR) is 123 cm³/mol. The van der Waals surface area contributed by atoms with Gasteiger partial charge in [0.2, 0.25) is 0 Å². The van der Waals surface area contributed by atoms with Gasteiger partial charge in [-0.1, -0.05) is 65.7 Å². The van der Waals surface area contributed by atoms with Gasteiger partial charge in [0.1, 0.15) is 0 Å². The van der Waals surface area contributed by atoms with E-state index in [2.05, 4.69) is 40.2 Å². The van der Waals surface area contributed by atoms with Gasteiger partial charge in [-0.15, -0.1) is 0 Å². The summed E-state index contributed by atoms with van der Waals surface area (Å²) < 4.78 is 0. The molecule has 2 aromatic carbocycles. The average Bonchev–Trinajstić information content (AvgIpc) is 3.02. The molecule has 3 atom stereocenters. The lowest BCUT2D eigenvalue weighted by Crippen LogP contribution is -2.55. The van der Waals surface area contributed by atoms with Crippen LogP contribution in [-0.2, 0) is 5.54 Å². The second-order valence-corrected chi connectivity index (χ2v) is 9.37. The van der Waals surface area contributed by atoms with Crippen molar-refractivity contribution in [3.8, 4) is 0 Å². The summed E-state index contributed by atoms with van der Waals surface area (Å²) in [7, 11) is 0. The number of piperidine rings is 1. The van der Waals surface area contributed by atoms with Crippen molar-refractivity contribution in [3.63, 3.8) is 0 Å². The number of pyridine rings is 1. The molecule has 0 amide bonds. The van der Waals surface area contributed by atoms with Crippen LogP contribution in [0.25, 0.3) is 0 Å². The number of rotatable bonds is 4. The molecular formula is C25H25Cl2N3. The Morgan fingerprint density at radius 1 is 0.833 bits per heavy atom. The van der Waals surface area contributed by atoms with Crippen molar-refractivity contribution in [2.24, 2.45) is 5.73 Å². The quantitative estimate of drug-likeness (QED) is 0.547. The van der Waals surface area contributed by atoms with Crippen molar-refractivity contribution in [2.75, 3.05) is 0 Å². The van der Waals surface area contributed by atoms with E-state index in [-0.39, 0.29) is 6.04 Å². The Bertz CT molecular complexity index is 980. The van der Waals surface area contributed by atoms with Crippen molar-refractivity contribution in [3.05, 3.63) is 99.8 Å². The highest BCUT2D eigenvalue weighted by atomic mass is 35.5. The molecule has 0 radical (unpaired) electrons. The lowest BCUT2D eigenvalue weighted by molar-refractivity contribution is 0.0579. The molecule has 2 N–H and O–H groups in total. The molecule has 2 saturated heterocycles. The summed E-state index contributed by atoms with van der Waals surface area (Å²) in [5.41, 5.74) is 9.77. The standard InChI is InChI=1S/C25H25Cl2N3/c26-21-9-3-1-7-19(21)24(20-8-2-4-10-22(20)27)30-17-12-13-18(30)16-25(28,15-17)23-11-5-6-14-29-23/h1-11,14,17-18,24H,12-13,15-16,28H2/t17-,18+,25?. The molecule has 0 aliphatic carbocycles. The highest BCUT2D eigenvalue weighted by Crippen LogP contribution is 2.50. The number of hydrogen-bond acceptors (Lipinski definition) is 3. The third-order valence-electron chi connectivity index (χ3n) is 6.75. The first-order chi connectivity index (χ1) is 14.6. The minimum Gasteiger partial charge on any atom is -0.320 e. The summed E-state index contributed by atoms with van der Waals surface area (Å²) >= 11 is 13.4. The highest BCUT2D eigenvalue weighted by molar-refractivity contribution is 6.32. The summed E-state index contributed by atoms with van der Waals surface area (Å²) in [5.74, 6) is 0. The molecule has 2 bridgehead atoms. The molecule has 2 aliphatic rings. The highest BCUT2D eigenvalue weighted by Gasteiger charge is 2.50. The first-order valence-corrected chi connectivity index (χ1v) is 11.3. The van der Waals surface area contributed by atoms with Crippen LogP contribution in [0.3, 0.4) is 0 Å². The van der Waals surface area contributed by atoms with Gasteiger partial charge in [-0.2, -0.15) is 0 Å². The molecule has 1 aromatic heterocycles. The Hall–Kier alpha value is -1.91. The largest absolute Gasteiger partial charge is 0.320 e. The normalized spacial score (nSPS) is 26.3. The smallest absolute Gasteiger partial charge is 0.0636 e. The maximum Gasteiger partial charge on any atom is 0.0636 e. The molecule has 5 heteroatoms. The van der Waals surface area contributed by atoms with Crippen molar-refractivity contribution in [2.45, 2.75) is 49.3 Å². The Labute approximate surface area is 187 Å². The van der Waals surface area contributed by atoms with E-state index in [1.165, 1.54) is 0 Å². The third-order valence-corrected chi connectivity index (χ3v) is 7.44. The second-order valence-electron chi connectivity index (χ2n) is 8.56. The van der Waals surface area contributed by atoms with E-state index in [9.17, 15) is 0 Å². The first kappa shape index (κ1) is 20.0. The van der Waals surface area contributed by atoms with Crippen molar-refractivity contribution in [1.29, 1.82) is 0 Å². The fourth-order valence-electron chi connectivity index (χ4n) is 5.49. The summed E-state index contributed by atoms with van der Waals surface area (Å²) in [6.07, 6.45) is 5.86. The fourth-order valence-corrected chi connectivity index (χ4v) is 5.97. The monoisotopic (exact) mass is 437 g/mol. The first-order valence-electron chi connectivity index (χ1n) is 10.5. The minimum atomic E-state index is -0.394. The lowest BCUT2D eigenvalue weighted by atomic mass is 9.79. The zero-order chi connectivity index (χ0) is 20.7. The third kappa shape index (κ3) is 3.44. The number of benzene rings is 2. The van der Waals surface area contributed by atoms with E-state index in [0.29, 0.717) is 12.1 Å². The van der Waals surface area contributed by atoms with Crippen LogP contribution in [0.2, 0.25) is 10.0 Å². The van der Waals surface area contributed by atoms with Gasteiger partial charge in [0.15, 0.2) is 0 Å². The van der Waals surface area contributed by atoms with Gasteiger partial charge < -0.3 is 5.73 Å². The molecule has 5 rings (SSSR count).